The Balaban J connectivity index is 1.47. The molecule has 0 bridgehead atoms. The van der Waals surface area contributed by atoms with Gasteiger partial charge in [-0.05, 0) is 17.7 Å². The van der Waals surface area contributed by atoms with Crippen molar-refractivity contribution < 1.29 is 9.53 Å². The molecule has 2 aliphatic rings. The average molecular weight is 311 g/mol. The van der Waals surface area contributed by atoms with Gasteiger partial charge in [0.1, 0.15) is 5.69 Å². The van der Waals surface area contributed by atoms with Gasteiger partial charge < -0.3 is 14.6 Å². The number of aromatic amines is 1. The van der Waals surface area contributed by atoms with Crippen molar-refractivity contribution in [1.82, 2.24) is 14.8 Å². The van der Waals surface area contributed by atoms with Crippen LogP contribution in [-0.4, -0.2) is 59.1 Å². The summed E-state index contributed by atoms with van der Waals surface area (Å²) in [6, 6.07) is 14.5. The SMILES string of the molecule is O=C(c1ccc[nH]1)N1CC2OCCN(Cc3ccccc3)C2C1. The molecular weight excluding hydrogens is 290 g/mol. The highest BCUT2D eigenvalue weighted by Crippen LogP contribution is 2.25. The standard InChI is InChI=1S/C18H21N3O2/c22-18(15-7-4-8-19-15)21-12-16-17(13-21)23-10-9-20(16)11-14-5-2-1-3-6-14/h1-8,16-17,19H,9-13H2. The second kappa shape index (κ2) is 6.18. The normalized spacial score (nSPS) is 24.6. The topological polar surface area (TPSA) is 48.6 Å². The highest BCUT2D eigenvalue weighted by molar-refractivity contribution is 5.92. The molecule has 1 aromatic heterocycles. The molecular formula is C18H21N3O2. The molecule has 5 heteroatoms. The number of hydrogen-bond acceptors (Lipinski definition) is 3. The molecule has 4 rings (SSSR count). The van der Waals surface area contributed by atoms with E-state index in [0.717, 1.165) is 26.2 Å². The van der Waals surface area contributed by atoms with Crippen LogP contribution in [-0.2, 0) is 11.3 Å². The first-order valence-corrected chi connectivity index (χ1v) is 8.13. The number of aromatic nitrogens is 1. The number of rotatable bonds is 3. The van der Waals surface area contributed by atoms with E-state index in [1.165, 1.54) is 5.56 Å². The third-order valence-electron chi connectivity index (χ3n) is 4.76. The summed E-state index contributed by atoms with van der Waals surface area (Å²) in [4.78, 5) is 19.9. The molecule has 1 N–H and O–H groups in total. The molecule has 120 valence electrons. The Labute approximate surface area is 135 Å². The summed E-state index contributed by atoms with van der Waals surface area (Å²) in [5, 5.41) is 0. The van der Waals surface area contributed by atoms with Crippen LogP contribution >= 0.6 is 0 Å². The Morgan fingerprint density at radius 1 is 1.17 bits per heavy atom. The van der Waals surface area contributed by atoms with Crippen LogP contribution in [0.15, 0.2) is 48.7 Å². The number of amides is 1. The maximum Gasteiger partial charge on any atom is 0.270 e. The molecule has 2 fully saturated rings. The molecule has 2 saturated heterocycles. The molecule has 2 aliphatic heterocycles. The van der Waals surface area contributed by atoms with Crippen LogP contribution in [0.1, 0.15) is 16.1 Å². The first-order valence-electron chi connectivity index (χ1n) is 8.13. The lowest BCUT2D eigenvalue weighted by Crippen LogP contribution is -2.50. The number of carbonyl (C=O) groups is 1. The lowest BCUT2D eigenvalue weighted by atomic mass is 10.1. The van der Waals surface area contributed by atoms with Crippen molar-refractivity contribution in [3.05, 3.63) is 59.9 Å². The summed E-state index contributed by atoms with van der Waals surface area (Å²) in [6.45, 7) is 3.97. The lowest BCUT2D eigenvalue weighted by Gasteiger charge is -2.36. The molecule has 2 aromatic rings. The first-order chi connectivity index (χ1) is 11.3. The van der Waals surface area contributed by atoms with Crippen molar-refractivity contribution in [2.24, 2.45) is 0 Å². The van der Waals surface area contributed by atoms with Gasteiger partial charge in [-0.1, -0.05) is 30.3 Å². The zero-order valence-electron chi connectivity index (χ0n) is 13.0. The van der Waals surface area contributed by atoms with Gasteiger partial charge in [0, 0.05) is 32.4 Å². The van der Waals surface area contributed by atoms with Gasteiger partial charge in [0.05, 0.1) is 18.8 Å². The first kappa shape index (κ1) is 14.5. The Morgan fingerprint density at radius 3 is 2.83 bits per heavy atom. The van der Waals surface area contributed by atoms with Crippen LogP contribution in [0.3, 0.4) is 0 Å². The smallest absolute Gasteiger partial charge is 0.270 e. The van der Waals surface area contributed by atoms with E-state index in [-0.39, 0.29) is 18.1 Å². The van der Waals surface area contributed by atoms with Gasteiger partial charge in [-0.25, -0.2) is 0 Å². The van der Waals surface area contributed by atoms with E-state index in [1.807, 2.05) is 23.1 Å². The highest BCUT2D eigenvalue weighted by Gasteiger charge is 2.41. The minimum atomic E-state index is 0.0626. The summed E-state index contributed by atoms with van der Waals surface area (Å²) < 4.78 is 5.92. The van der Waals surface area contributed by atoms with Crippen molar-refractivity contribution >= 4 is 5.91 Å². The van der Waals surface area contributed by atoms with Crippen LogP contribution in [0.25, 0.3) is 0 Å². The fourth-order valence-corrected chi connectivity index (χ4v) is 3.57. The van der Waals surface area contributed by atoms with E-state index in [1.54, 1.807) is 6.20 Å². The number of H-pyrrole nitrogens is 1. The molecule has 2 atom stereocenters. The van der Waals surface area contributed by atoms with E-state index in [0.29, 0.717) is 12.2 Å². The van der Waals surface area contributed by atoms with E-state index >= 15 is 0 Å². The Bertz CT molecular complexity index is 656. The monoisotopic (exact) mass is 311 g/mol. The van der Waals surface area contributed by atoms with Gasteiger partial charge in [-0.2, -0.15) is 0 Å². The summed E-state index contributed by atoms with van der Waals surface area (Å²) in [6.07, 6.45) is 1.90. The number of nitrogens with one attached hydrogen (secondary N) is 1. The molecule has 0 radical (unpaired) electrons. The van der Waals surface area contributed by atoms with E-state index < -0.39 is 0 Å². The number of hydrogen-bond donors (Lipinski definition) is 1. The van der Waals surface area contributed by atoms with Crippen molar-refractivity contribution in [2.45, 2.75) is 18.7 Å². The minimum absolute atomic E-state index is 0.0626. The second-order valence-corrected chi connectivity index (χ2v) is 6.23. The van der Waals surface area contributed by atoms with Gasteiger partial charge in [0.15, 0.2) is 0 Å². The maximum absolute atomic E-state index is 12.5. The van der Waals surface area contributed by atoms with Gasteiger partial charge in [-0.3, -0.25) is 9.69 Å². The Morgan fingerprint density at radius 2 is 2.04 bits per heavy atom. The Kier molecular flexibility index (Phi) is 3.89. The average Bonchev–Trinajstić information content (AvgIpc) is 3.25. The Hall–Kier alpha value is -2.11. The minimum Gasteiger partial charge on any atom is -0.373 e. The van der Waals surface area contributed by atoms with Crippen LogP contribution in [0.4, 0.5) is 0 Å². The third kappa shape index (κ3) is 2.90. The number of likely N-dealkylation sites (tertiary alicyclic amines) is 1. The molecule has 1 amide bonds. The maximum atomic E-state index is 12.5. The zero-order chi connectivity index (χ0) is 15.6. The summed E-state index contributed by atoms with van der Waals surface area (Å²) >= 11 is 0. The van der Waals surface area contributed by atoms with Crippen molar-refractivity contribution in [3.63, 3.8) is 0 Å². The molecule has 2 unspecified atom stereocenters. The fraction of sp³-hybridized carbons (Fsp3) is 0.389. The molecule has 0 saturated carbocycles. The van der Waals surface area contributed by atoms with Crippen LogP contribution in [0.2, 0.25) is 0 Å². The van der Waals surface area contributed by atoms with Gasteiger partial charge in [0.2, 0.25) is 0 Å². The van der Waals surface area contributed by atoms with Gasteiger partial charge in [-0.15, -0.1) is 0 Å². The van der Waals surface area contributed by atoms with Crippen LogP contribution in [0.5, 0.6) is 0 Å². The van der Waals surface area contributed by atoms with Crippen LogP contribution < -0.4 is 0 Å². The van der Waals surface area contributed by atoms with Crippen LogP contribution in [0, 0.1) is 0 Å². The largest absolute Gasteiger partial charge is 0.373 e. The number of morpholine rings is 1. The van der Waals surface area contributed by atoms with Gasteiger partial charge >= 0.3 is 0 Å². The molecule has 23 heavy (non-hydrogen) atoms. The van der Waals surface area contributed by atoms with Crippen molar-refractivity contribution in [2.75, 3.05) is 26.2 Å². The second-order valence-electron chi connectivity index (χ2n) is 6.23. The summed E-state index contributed by atoms with van der Waals surface area (Å²) in [7, 11) is 0. The molecule has 1 aromatic carbocycles. The molecule has 0 aliphatic carbocycles. The van der Waals surface area contributed by atoms with E-state index in [4.69, 9.17) is 4.74 Å². The van der Waals surface area contributed by atoms with Crippen molar-refractivity contribution in [3.8, 4) is 0 Å². The van der Waals surface area contributed by atoms with E-state index in [2.05, 4.69) is 34.1 Å². The van der Waals surface area contributed by atoms with Gasteiger partial charge in [0.25, 0.3) is 5.91 Å². The number of fused-ring (bicyclic) bond motifs is 1. The molecule has 0 spiro atoms. The number of carbonyl (C=O) groups excluding carboxylic acids is 1. The summed E-state index contributed by atoms with van der Waals surface area (Å²) in [5.74, 6) is 0.0626. The van der Waals surface area contributed by atoms with Crippen molar-refractivity contribution in [1.29, 1.82) is 0 Å². The highest BCUT2D eigenvalue weighted by atomic mass is 16.5. The number of ether oxygens (including phenoxy) is 1. The van der Waals surface area contributed by atoms with E-state index in [9.17, 15) is 4.79 Å². The lowest BCUT2D eigenvalue weighted by molar-refractivity contribution is -0.0503. The molecule has 3 heterocycles. The third-order valence-corrected chi connectivity index (χ3v) is 4.76. The fourth-order valence-electron chi connectivity index (χ4n) is 3.57. The quantitative estimate of drug-likeness (QED) is 0.939. The molecule has 5 nitrogen and oxygen atoms in total. The predicted molar refractivity (Wildman–Crippen MR) is 87.1 cm³/mol. The number of nitrogens with zero attached hydrogens (tertiary/aromatic N) is 2. The predicted octanol–water partition coefficient (Wildman–Crippen LogP) is 1.74. The zero-order valence-corrected chi connectivity index (χ0v) is 13.0. The number of benzene rings is 1. The summed E-state index contributed by atoms with van der Waals surface area (Å²) in [5.41, 5.74) is 1.96.